The Morgan fingerprint density at radius 1 is 0.926 bits per heavy atom. The zero-order valence-corrected chi connectivity index (χ0v) is 15.7. The van der Waals surface area contributed by atoms with Crippen LogP contribution in [0.1, 0.15) is 5.56 Å². The normalized spacial score (nSPS) is 14.3. The van der Waals surface area contributed by atoms with Gasteiger partial charge in [-0.1, -0.05) is 30.3 Å². The Morgan fingerprint density at radius 2 is 1.56 bits per heavy atom. The van der Waals surface area contributed by atoms with E-state index in [1.165, 1.54) is 0 Å². The van der Waals surface area contributed by atoms with Crippen molar-refractivity contribution in [2.75, 3.05) is 45.3 Å². The predicted molar refractivity (Wildman–Crippen MR) is 107 cm³/mol. The van der Waals surface area contributed by atoms with E-state index in [1.54, 1.807) is 20.4 Å². The maximum Gasteiger partial charge on any atom is 0.321 e. The molecule has 1 aliphatic rings. The molecule has 0 aromatic heterocycles. The van der Waals surface area contributed by atoms with Crippen LogP contribution in [0.15, 0.2) is 54.7 Å². The monoisotopic (exact) mass is 367 g/mol. The van der Waals surface area contributed by atoms with Gasteiger partial charge < -0.3 is 24.6 Å². The van der Waals surface area contributed by atoms with E-state index in [4.69, 9.17) is 9.47 Å². The summed E-state index contributed by atoms with van der Waals surface area (Å²) >= 11 is 0. The quantitative estimate of drug-likeness (QED) is 0.882. The van der Waals surface area contributed by atoms with E-state index >= 15 is 0 Å². The van der Waals surface area contributed by atoms with Crippen LogP contribution in [0, 0.1) is 0 Å². The van der Waals surface area contributed by atoms with Gasteiger partial charge in [0, 0.05) is 37.9 Å². The van der Waals surface area contributed by atoms with Crippen molar-refractivity contribution in [2.45, 2.75) is 0 Å². The molecule has 0 saturated carbocycles. The lowest BCUT2D eigenvalue weighted by Crippen LogP contribution is -2.51. The molecule has 27 heavy (non-hydrogen) atoms. The molecule has 2 amide bonds. The molecule has 1 saturated heterocycles. The summed E-state index contributed by atoms with van der Waals surface area (Å²) in [7, 11) is 3.31. The molecule has 1 N–H and O–H groups in total. The summed E-state index contributed by atoms with van der Waals surface area (Å²) in [6, 6.07) is 15.5. The molecule has 1 fully saturated rings. The van der Waals surface area contributed by atoms with Gasteiger partial charge in [0.2, 0.25) is 0 Å². The molecule has 6 nitrogen and oxygen atoms in total. The first-order chi connectivity index (χ1) is 13.2. The van der Waals surface area contributed by atoms with Crippen LogP contribution in [0.3, 0.4) is 0 Å². The van der Waals surface area contributed by atoms with Crippen molar-refractivity contribution in [3.63, 3.8) is 0 Å². The number of anilines is 1. The van der Waals surface area contributed by atoms with E-state index in [2.05, 4.69) is 10.2 Å². The molecular formula is C21H25N3O3. The number of benzene rings is 2. The van der Waals surface area contributed by atoms with E-state index in [-0.39, 0.29) is 6.03 Å². The fourth-order valence-corrected chi connectivity index (χ4v) is 3.14. The number of rotatable bonds is 5. The van der Waals surface area contributed by atoms with E-state index in [0.29, 0.717) is 13.1 Å². The molecule has 1 aliphatic heterocycles. The Bertz CT molecular complexity index is 799. The maximum atomic E-state index is 12.4. The second-order valence-corrected chi connectivity index (χ2v) is 6.17. The Hall–Kier alpha value is -3.15. The second-order valence-electron chi connectivity index (χ2n) is 6.17. The third-order valence-corrected chi connectivity index (χ3v) is 4.60. The van der Waals surface area contributed by atoms with E-state index < -0.39 is 0 Å². The number of urea groups is 1. The molecule has 0 bridgehead atoms. The highest BCUT2D eigenvalue weighted by atomic mass is 16.5. The number of carbonyl (C=O) groups excluding carboxylic acids is 1. The lowest BCUT2D eigenvalue weighted by molar-refractivity contribution is 0.198. The molecule has 142 valence electrons. The molecule has 0 atom stereocenters. The first kappa shape index (κ1) is 18.6. The van der Waals surface area contributed by atoms with Crippen molar-refractivity contribution < 1.29 is 14.3 Å². The van der Waals surface area contributed by atoms with Gasteiger partial charge in [-0.15, -0.1) is 0 Å². The average molecular weight is 367 g/mol. The first-order valence-corrected chi connectivity index (χ1v) is 8.96. The summed E-state index contributed by atoms with van der Waals surface area (Å²) in [5.74, 6) is 1.63. The van der Waals surface area contributed by atoms with Crippen LogP contribution < -0.4 is 19.7 Å². The number of piperazine rings is 1. The van der Waals surface area contributed by atoms with Crippen LogP contribution in [0.5, 0.6) is 11.5 Å². The molecule has 0 aliphatic carbocycles. The van der Waals surface area contributed by atoms with Crippen molar-refractivity contribution >= 4 is 17.8 Å². The molecular weight excluding hydrogens is 342 g/mol. The summed E-state index contributed by atoms with van der Waals surface area (Å²) in [5.41, 5.74) is 1.98. The standard InChI is InChI=1S/C21H25N3O3/c1-26-19-9-5-3-7-17(19)11-12-22-21(25)24-15-13-23(14-16-24)18-8-4-6-10-20(18)27-2/h3-12H,13-16H2,1-2H3,(H,22,25)/b12-11+. The Morgan fingerprint density at radius 3 is 2.26 bits per heavy atom. The molecule has 6 heteroatoms. The van der Waals surface area contributed by atoms with Crippen LogP contribution in [0.4, 0.5) is 10.5 Å². The lowest BCUT2D eigenvalue weighted by atomic mass is 10.2. The van der Waals surface area contributed by atoms with Gasteiger partial charge in [0.1, 0.15) is 11.5 Å². The fourth-order valence-electron chi connectivity index (χ4n) is 3.14. The van der Waals surface area contributed by atoms with Crippen LogP contribution in [0.2, 0.25) is 0 Å². The van der Waals surface area contributed by atoms with Gasteiger partial charge in [0.25, 0.3) is 0 Å². The van der Waals surface area contributed by atoms with Gasteiger partial charge >= 0.3 is 6.03 Å². The summed E-state index contributed by atoms with van der Waals surface area (Å²) in [6.45, 7) is 2.85. The molecule has 0 spiro atoms. The second kappa shape index (κ2) is 8.98. The molecule has 2 aromatic carbocycles. The van der Waals surface area contributed by atoms with Crippen molar-refractivity contribution in [1.29, 1.82) is 0 Å². The van der Waals surface area contributed by atoms with Crippen molar-refractivity contribution in [1.82, 2.24) is 10.2 Å². The number of nitrogens with one attached hydrogen (secondary N) is 1. The van der Waals surface area contributed by atoms with Gasteiger partial charge in [0.05, 0.1) is 19.9 Å². The van der Waals surface area contributed by atoms with Gasteiger partial charge in [-0.2, -0.15) is 0 Å². The highest BCUT2D eigenvalue weighted by Crippen LogP contribution is 2.28. The van der Waals surface area contributed by atoms with Crippen molar-refractivity contribution in [3.8, 4) is 11.5 Å². The molecule has 1 heterocycles. The van der Waals surface area contributed by atoms with Gasteiger partial charge in [-0.05, 0) is 24.3 Å². The highest BCUT2D eigenvalue weighted by Gasteiger charge is 2.22. The van der Waals surface area contributed by atoms with Gasteiger partial charge in [-0.3, -0.25) is 0 Å². The number of hydrogen-bond donors (Lipinski definition) is 1. The van der Waals surface area contributed by atoms with Gasteiger partial charge in [0.15, 0.2) is 0 Å². The minimum absolute atomic E-state index is 0.0965. The van der Waals surface area contributed by atoms with Crippen LogP contribution in [0.25, 0.3) is 6.08 Å². The molecule has 0 radical (unpaired) electrons. The molecule has 3 rings (SSSR count). The zero-order valence-electron chi connectivity index (χ0n) is 15.7. The Balaban J connectivity index is 1.53. The topological polar surface area (TPSA) is 54.0 Å². The zero-order chi connectivity index (χ0) is 19.1. The number of amides is 2. The summed E-state index contributed by atoms with van der Waals surface area (Å²) in [5, 5.41) is 2.84. The molecule has 2 aromatic rings. The third-order valence-electron chi connectivity index (χ3n) is 4.60. The number of ether oxygens (including phenoxy) is 2. The average Bonchev–Trinajstić information content (AvgIpc) is 2.74. The van der Waals surface area contributed by atoms with E-state index in [1.807, 2.05) is 59.5 Å². The minimum atomic E-state index is -0.0965. The number of nitrogens with zero attached hydrogens (tertiary/aromatic N) is 2. The van der Waals surface area contributed by atoms with Gasteiger partial charge in [-0.25, -0.2) is 4.79 Å². The Labute approximate surface area is 160 Å². The number of carbonyl (C=O) groups is 1. The number of hydrogen-bond acceptors (Lipinski definition) is 4. The smallest absolute Gasteiger partial charge is 0.321 e. The highest BCUT2D eigenvalue weighted by molar-refractivity contribution is 5.77. The van der Waals surface area contributed by atoms with Crippen molar-refractivity contribution in [3.05, 3.63) is 60.3 Å². The van der Waals surface area contributed by atoms with Crippen LogP contribution in [-0.2, 0) is 0 Å². The number of methoxy groups -OCH3 is 2. The first-order valence-electron chi connectivity index (χ1n) is 8.96. The lowest BCUT2D eigenvalue weighted by Gasteiger charge is -2.36. The summed E-state index contributed by atoms with van der Waals surface area (Å²) in [6.07, 6.45) is 3.49. The maximum absolute atomic E-state index is 12.4. The largest absolute Gasteiger partial charge is 0.496 e. The van der Waals surface area contributed by atoms with E-state index in [9.17, 15) is 4.79 Å². The van der Waals surface area contributed by atoms with Crippen LogP contribution in [-0.4, -0.2) is 51.3 Å². The Kier molecular flexibility index (Phi) is 6.20. The predicted octanol–water partition coefficient (Wildman–Crippen LogP) is 3.21. The SMILES string of the molecule is COc1ccccc1/C=C/NC(=O)N1CCN(c2ccccc2OC)CC1. The molecule has 0 unspecified atom stereocenters. The van der Waals surface area contributed by atoms with Crippen LogP contribution >= 0.6 is 0 Å². The van der Waals surface area contributed by atoms with E-state index in [0.717, 1.165) is 35.8 Å². The number of para-hydroxylation sites is 3. The third kappa shape index (κ3) is 4.53. The fraction of sp³-hybridized carbons (Fsp3) is 0.286. The summed E-state index contributed by atoms with van der Waals surface area (Å²) < 4.78 is 10.7. The minimum Gasteiger partial charge on any atom is -0.496 e. The summed E-state index contributed by atoms with van der Waals surface area (Å²) in [4.78, 5) is 16.5. The van der Waals surface area contributed by atoms with Crippen molar-refractivity contribution in [2.24, 2.45) is 0 Å².